The van der Waals surface area contributed by atoms with Crippen LogP contribution in [0, 0.1) is 5.92 Å². The van der Waals surface area contributed by atoms with Gasteiger partial charge in [-0.2, -0.15) is 0 Å². The number of nitrogens with one attached hydrogen (secondary N) is 1. The zero-order chi connectivity index (χ0) is 13.8. The van der Waals surface area contributed by atoms with Crippen molar-refractivity contribution < 1.29 is 4.79 Å². The molecule has 0 bridgehead atoms. The van der Waals surface area contributed by atoms with Gasteiger partial charge in [0.25, 0.3) is 0 Å². The van der Waals surface area contributed by atoms with Gasteiger partial charge < -0.3 is 5.32 Å². The molecular weight excluding hydrogens is 248 g/mol. The van der Waals surface area contributed by atoms with Crippen LogP contribution >= 0.6 is 0 Å². The summed E-state index contributed by atoms with van der Waals surface area (Å²) < 4.78 is 0. The highest BCUT2D eigenvalue weighted by Gasteiger charge is 2.28. The molecule has 1 heterocycles. The van der Waals surface area contributed by atoms with Crippen molar-refractivity contribution >= 4 is 5.91 Å². The summed E-state index contributed by atoms with van der Waals surface area (Å²) in [5.41, 5.74) is 3.00. The van der Waals surface area contributed by atoms with Crippen LogP contribution in [0.15, 0.2) is 24.3 Å². The van der Waals surface area contributed by atoms with Gasteiger partial charge in [-0.25, -0.2) is 0 Å². The minimum Gasteiger partial charge on any atom is -0.356 e. The minimum atomic E-state index is 0.275. The van der Waals surface area contributed by atoms with E-state index in [1.165, 1.54) is 30.5 Å². The van der Waals surface area contributed by atoms with Crippen molar-refractivity contribution in [1.29, 1.82) is 0 Å². The maximum absolute atomic E-state index is 11.5. The Morgan fingerprint density at radius 1 is 1.20 bits per heavy atom. The lowest BCUT2D eigenvalue weighted by Crippen LogP contribution is -2.32. The molecule has 1 aliphatic carbocycles. The number of carbonyl (C=O) groups excluding carboxylic acids is 1. The lowest BCUT2D eigenvalue weighted by molar-refractivity contribution is -0.122. The van der Waals surface area contributed by atoms with E-state index < -0.39 is 0 Å². The number of hydrogen-bond donors (Lipinski definition) is 1. The fourth-order valence-electron chi connectivity index (χ4n) is 2.91. The Bertz CT molecular complexity index is 468. The van der Waals surface area contributed by atoms with Crippen LogP contribution in [0.25, 0.3) is 0 Å². The summed E-state index contributed by atoms with van der Waals surface area (Å²) in [6.45, 7) is 4.25. The quantitative estimate of drug-likeness (QED) is 0.806. The van der Waals surface area contributed by atoms with Gasteiger partial charge in [0, 0.05) is 25.6 Å². The van der Waals surface area contributed by atoms with Gasteiger partial charge in [-0.05, 0) is 49.8 Å². The van der Waals surface area contributed by atoms with E-state index in [1.807, 2.05) is 0 Å². The average Bonchev–Trinajstić information content (AvgIpc) is 3.31. The highest BCUT2D eigenvalue weighted by Crippen LogP contribution is 2.28. The summed E-state index contributed by atoms with van der Waals surface area (Å²) in [4.78, 5) is 14.0. The van der Waals surface area contributed by atoms with E-state index in [0.717, 1.165) is 38.9 Å². The molecule has 1 aromatic carbocycles. The Labute approximate surface area is 121 Å². The number of fused-ring (bicyclic) bond motifs is 1. The van der Waals surface area contributed by atoms with Gasteiger partial charge in [0.05, 0.1) is 0 Å². The Kier molecular flexibility index (Phi) is 4.36. The summed E-state index contributed by atoms with van der Waals surface area (Å²) in [7, 11) is 0. The Balaban J connectivity index is 1.32. The van der Waals surface area contributed by atoms with E-state index in [0.29, 0.717) is 5.92 Å². The van der Waals surface area contributed by atoms with Crippen LogP contribution in [-0.2, 0) is 17.8 Å². The van der Waals surface area contributed by atoms with E-state index in [9.17, 15) is 4.79 Å². The van der Waals surface area contributed by atoms with Crippen molar-refractivity contribution in [3.63, 3.8) is 0 Å². The second-order valence-electron chi connectivity index (χ2n) is 6.07. The summed E-state index contributed by atoms with van der Waals surface area (Å²) >= 11 is 0. The van der Waals surface area contributed by atoms with Crippen LogP contribution in [0.4, 0.5) is 0 Å². The first-order valence-electron chi connectivity index (χ1n) is 7.90. The van der Waals surface area contributed by atoms with Crippen molar-refractivity contribution in [2.45, 2.75) is 38.6 Å². The van der Waals surface area contributed by atoms with Crippen LogP contribution < -0.4 is 5.32 Å². The molecule has 0 radical (unpaired) electrons. The van der Waals surface area contributed by atoms with E-state index in [-0.39, 0.29) is 5.91 Å². The van der Waals surface area contributed by atoms with E-state index >= 15 is 0 Å². The fraction of sp³-hybridized carbons (Fsp3) is 0.588. The first-order valence-corrected chi connectivity index (χ1v) is 7.90. The van der Waals surface area contributed by atoms with Gasteiger partial charge in [-0.15, -0.1) is 0 Å². The zero-order valence-electron chi connectivity index (χ0n) is 12.1. The fourth-order valence-corrected chi connectivity index (χ4v) is 2.91. The molecule has 0 atom stereocenters. The predicted octanol–water partition coefficient (Wildman–Crippen LogP) is 2.35. The third-order valence-electron chi connectivity index (χ3n) is 4.36. The molecule has 1 fully saturated rings. The van der Waals surface area contributed by atoms with Gasteiger partial charge in [0.1, 0.15) is 0 Å². The first kappa shape index (κ1) is 13.6. The maximum Gasteiger partial charge on any atom is 0.223 e. The predicted molar refractivity (Wildman–Crippen MR) is 80.4 cm³/mol. The highest BCUT2D eigenvalue weighted by molar-refractivity contribution is 5.80. The van der Waals surface area contributed by atoms with E-state index in [2.05, 4.69) is 34.5 Å². The topological polar surface area (TPSA) is 32.3 Å². The van der Waals surface area contributed by atoms with Gasteiger partial charge in [0.2, 0.25) is 5.91 Å². The monoisotopic (exact) mass is 272 g/mol. The molecule has 3 rings (SSSR count). The molecule has 0 aromatic heterocycles. The van der Waals surface area contributed by atoms with Crippen molar-refractivity contribution in [1.82, 2.24) is 10.2 Å². The second kappa shape index (κ2) is 6.40. The Hall–Kier alpha value is -1.35. The third kappa shape index (κ3) is 3.60. The molecule has 0 saturated heterocycles. The third-order valence-corrected chi connectivity index (χ3v) is 4.36. The molecule has 0 unspecified atom stereocenters. The molecule has 20 heavy (non-hydrogen) atoms. The lowest BCUT2D eigenvalue weighted by atomic mass is 10.00. The molecule has 2 aliphatic rings. The normalized spacial score (nSPS) is 18.6. The average molecular weight is 272 g/mol. The SMILES string of the molecule is O=C(NCCCCN1CCc2ccccc2C1)C1CC1. The molecule has 1 saturated carbocycles. The molecule has 108 valence electrons. The number of rotatable bonds is 6. The molecule has 1 aromatic rings. The lowest BCUT2D eigenvalue weighted by Gasteiger charge is -2.28. The summed E-state index contributed by atoms with van der Waals surface area (Å²) in [5.74, 6) is 0.616. The van der Waals surface area contributed by atoms with Gasteiger partial charge >= 0.3 is 0 Å². The summed E-state index contributed by atoms with van der Waals surface area (Å²) in [6.07, 6.45) is 5.64. The van der Waals surface area contributed by atoms with Crippen molar-refractivity contribution in [2.24, 2.45) is 5.92 Å². The number of nitrogens with zero attached hydrogens (tertiary/aromatic N) is 1. The Morgan fingerprint density at radius 2 is 2.00 bits per heavy atom. The zero-order valence-corrected chi connectivity index (χ0v) is 12.1. The molecule has 1 amide bonds. The molecule has 1 N–H and O–H groups in total. The summed E-state index contributed by atoms with van der Waals surface area (Å²) in [6, 6.07) is 8.77. The van der Waals surface area contributed by atoms with Gasteiger partial charge in [-0.1, -0.05) is 24.3 Å². The molecule has 3 heteroatoms. The minimum absolute atomic E-state index is 0.275. The van der Waals surface area contributed by atoms with Gasteiger partial charge in [0.15, 0.2) is 0 Å². The van der Waals surface area contributed by atoms with E-state index in [1.54, 1.807) is 0 Å². The van der Waals surface area contributed by atoms with Crippen molar-refractivity contribution in [2.75, 3.05) is 19.6 Å². The van der Waals surface area contributed by atoms with Crippen LogP contribution in [-0.4, -0.2) is 30.4 Å². The largest absolute Gasteiger partial charge is 0.356 e. The van der Waals surface area contributed by atoms with Crippen LogP contribution in [0.1, 0.15) is 36.8 Å². The standard InChI is InChI=1S/C17H24N2O/c20-17(15-7-8-15)18-10-3-4-11-19-12-9-14-5-1-2-6-16(14)13-19/h1-2,5-6,15H,3-4,7-13H2,(H,18,20). The van der Waals surface area contributed by atoms with Gasteiger partial charge in [-0.3, -0.25) is 9.69 Å². The number of hydrogen-bond acceptors (Lipinski definition) is 2. The number of benzene rings is 1. The molecule has 3 nitrogen and oxygen atoms in total. The Morgan fingerprint density at radius 3 is 2.80 bits per heavy atom. The molecular formula is C17H24N2O. The second-order valence-corrected chi connectivity index (χ2v) is 6.07. The van der Waals surface area contributed by atoms with E-state index in [4.69, 9.17) is 0 Å². The number of amides is 1. The number of carbonyl (C=O) groups is 1. The van der Waals surface area contributed by atoms with Crippen molar-refractivity contribution in [3.05, 3.63) is 35.4 Å². The molecule has 1 aliphatic heterocycles. The highest BCUT2D eigenvalue weighted by atomic mass is 16.2. The smallest absolute Gasteiger partial charge is 0.223 e. The maximum atomic E-state index is 11.5. The number of unbranched alkanes of at least 4 members (excludes halogenated alkanes) is 1. The van der Waals surface area contributed by atoms with Crippen LogP contribution in [0.2, 0.25) is 0 Å². The first-order chi connectivity index (χ1) is 9.83. The molecule has 0 spiro atoms. The van der Waals surface area contributed by atoms with Crippen LogP contribution in [0.5, 0.6) is 0 Å². The van der Waals surface area contributed by atoms with Crippen molar-refractivity contribution in [3.8, 4) is 0 Å². The summed E-state index contributed by atoms with van der Waals surface area (Å²) in [5, 5.41) is 3.04. The van der Waals surface area contributed by atoms with Crippen LogP contribution in [0.3, 0.4) is 0 Å².